The van der Waals surface area contributed by atoms with Crippen molar-refractivity contribution >= 4 is 17.1 Å². The van der Waals surface area contributed by atoms with Gasteiger partial charge in [-0.3, -0.25) is 14.8 Å². The molecule has 0 aliphatic carbocycles. The van der Waals surface area contributed by atoms with E-state index in [1.807, 2.05) is 25.1 Å². The molecule has 0 saturated heterocycles. The first-order valence-electron chi connectivity index (χ1n) is 9.76. The van der Waals surface area contributed by atoms with Crippen molar-refractivity contribution in [2.75, 3.05) is 0 Å². The summed E-state index contributed by atoms with van der Waals surface area (Å²) in [7, 11) is 0. The second-order valence-electron chi connectivity index (χ2n) is 7.08. The Bertz CT molecular complexity index is 1300. The third-order valence-electron chi connectivity index (χ3n) is 4.94. The number of aromatic nitrogens is 4. The van der Waals surface area contributed by atoms with Crippen molar-refractivity contribution in [2.24, 2.45) is 0 Å². The maximum atomic E-state index is 12.7. The van der Waals surface area contributed by atoms with E-state index in [2.05, 4.69) is 28.1 Å². The molecule has 0 amide bonds. The zero-order valence-corrected chi connectivity index (χ0v) is 18.2. The first-order chi connectivity index (χ1) is 15.0. The van der Waals surface area contributed by atoms with Crippen LogP contribution in [0.5, 0.6) is 0 Å². The van der Waals surface area contributed by atoms with Crippen LogP contribution in [0.25, 0.3) is 22.0 Å². The van der Waals surface area contributed by atoms with E-state index in [-0.39, 0.29) is 12.2 Å². The predicted octanol–water partition coefficient (Wildman–Crippen LogP) is 4.73. The Morgan fingerprint density at radius 1 is 1.23 bits per heavy atom. The van der Waals surface area contributed by atoms with Gasteiger partial charge in [0.05, 0.1) is 17.7 Å². The molecule has 4 heterocycles. The van der Waals surface area contributed by atoms with Crippen molar-refractivity contribution < 1.29 is 9.32 Å². The van der Waals surface area contributed by atoms with Gasteiger partial charge in [-0.1, -0.05) is 12.1 Å². The van der Waals surface area contributed by atoms with Crippen LogP contribution < -0.4 is 0 Å². The topological polar surface area (TPSA) is 106 Å². The third-order valence-corrected chi connectivity index (χ3v) is 6.16. The average Bonchev–Trinajstić information content (AvgIpc) is 3.40. The van der Waals surface area contributed by atoms with E-state index in [0.29, 0.717) is 22.4 Å². The van der Waals surface area contributed by atoms with Gasteiger partial charge in [0, 0.05) is 46.4 Å². The minimum Gasteiger partial charge on any atom is -0.361 e. The quantitative estimate of drug-likeness (QED) is 0.408. The number of carbonyl (C=O) groups excluding carboxylic acids is 1. The summed E-state index contributed by atoms with van der Waals surface area (Å²) in [6.07, 6.45) is 5.69. The second-order valence-corrected chi connectivity index (χ2v) is 8.16. The van der Waals surface area contributed by atoms with Crippen LogP contribution in [0, 0.1) is 25.2 Å². The first kappa shape index (κ1) is 20.6. The molecule has 4 aromatic rings. The van der Waals surface area contributed by atoms with Crippen molar-refractivity contribution in [3.8, 4) is 28.0 Å². The van der Waals surface area contributed by atoms with Gasteiger partial charge in [0.25, 0.3) is 0 Å². The van der Waals surface area contributed by atoms with Crippen LogP contribution in [-0.4, -0.2) is 25.9 Å². The fourth-order valence-electron chi connectivity index (χ4n) is 3.24. The second kappa shape index (κ2) is 8.58. The lowest BCUT2D eigenvalue weighted by atomic mass is 10.0. The summed E-state index contributed by atoms with van der Waals surface area (Å²) in [5, 5.41) is 14.0. The van der Waals surface area contributed by atoms with Crippen LogP contribution in [0.2, 0.25) is 0 Å². The Balaban J connectivity index is 1.57. The molecule has 0 aliphatic rings. The minimum atomic E-state index is -0.117. The smallest absolute Gasteiger partial charge is 0.170 e. The summed E-state index contributed by atoms with van der Waals surface area (Å²) in [5.41, 5.74) is 4.63. The number of carbonyl (C=O) groups is 1. The summed E-state index contributed by atoms with van der Waals surface area (Å²) < 4.78 is 5.17. The molecular weight excluding hydrogens is 410 g/mol. The molecule has 0 atom stereocenters. The van der Waals surface area contributed by atoms with Gasteiger partial charge in [-0.25, -0.2) is 4.98 Å². The van der Waals surface area contributed by atoms with Crippen molar-refractivity contribution in [3.05, 3.63) is 69.8 Å². The molecular formula is C23H19N5O2S. The number of ketones is 1. The van der Waals surface area contributed by atoms with Crippen LogP contribution in [0.3, 0.4) is 0 Å². The SMILES string of the molecule is CCc1sc(-c2cc(C)on2)nc1-c1ccc(CC(=O)c2cncc(C#N)c2C)nc1. The summed E-state index contributed by atoms with van der Waals surface area (Å²) in [4.78, 5) is 27.1. The molecule has 0 aromatic carbocycles. The minimum absolute atomic E-state index is 0.117. The highest BCUT2D eigenvalue weighted by molar-refractivity contribution is 7.15. The first-order valence-corrected chi connectivity index (χ1v) is 10.6. The van der Waals surface area contributed by atoms with E-state index < -0.39 is 0 Å². The zero-order valence-electron chi connectivity index (χ0n) is 17.3. The van der Waals surface area contributed by atoms with Gasteiger partial charge < -0.3 is 4.52 Å². The van der Waals surface area contributed by atoms with Crippen molar-refractivity contribution in [3.63, 3.8) is 0 Å². The molecule has 0 saturated carbocycles. The van der Waals surface area contributed by atoms with Crippen LogP contribution in [0.4, 0.5) is 0 Å². The van der Waals surface area contributed by atoms with E-state index in [1.165, 1.54) is 12.4 Å². The van der Waals surface area contributed by atoms with Crippen LogP contribution in [-0.2, 0) is 12.8 Å². The summed E-state index contributed by atoms with van der Waals surface area (Å²) >= 11 is 1.59. The lowest BCUT2D eigenvalue weighted by Gasteiger charge is -2.06. The molecule has 0 N–H and O–H groups in total. The summed E-state index contributed by atoms with van der Waals surface area (Å²) in [5.74, 6) is 0.625. The molecule has 31 heavy (non-hydrogen) atoms. The number of Topliss-reactive ketones (excluding diaryl/α,β-unsaturated/α-hetero) is 1. The number of thiazole rings is 1. The Hall–Kier alpha value is -3.70. The van der Waals surface area contributed by atoms with E-state index in [0.717, 1.165) is 39.0 Å². The average molecular weight is 430 g/mol. The highest BCUT2D eigenvalue weighted by Crippen LogP contribution is 2.33. The molecule has 0 aliphatic heterocycles. The van der Waals surface area contributed by atoms with Gasteiger partial charge in [0.2, 0.25) is 0 Å². The fourth-order valence-corrected chi connectivity index (χ4v) is 4.22. The van der Waals surface area contributed by atoms with Crippen molar-refractivity contribution in [1.82, 2.24) is 20.1 Å². The number of aryl methyl sites for hydroxylation is 2. The molecule has 4 rings (SSSR count). The van der Waals surface area contributed by atoms with Gasteiger partial charge >= 0.3 is 0 Å². The van der Waals surface area contributed by atoms with Gasteiger partial charge in [-0.2, -0.15) is 5.26 Å². The van der Waals surface area contributed by atoms with E-state index in [1.54, 1.807) is 24.5 Å². The molecule has 8 heteroatoms. The number of rotatable bonds is 6. The van der Waals surface area contributed by atoms with Gasteiger partial charge in [-0.15, -0.1) is 11.3 Å². The molecule has 4 aromatic heterocycles. The number of nitriles is 1. The molecule has 0 fully saturated rings. The molecule has 7 nitrogen and oxygen atoms in total. The van der Waals surface area contributed by atoms with Gasteiger partial charge in [-0.05, 0) is 38.0 Å². The molecule has 0 spiro atoms. The lowest BCUT2D eigenvalue weighted by molar-refractivity contribution is 0.0991. The number of hydrogen-bond donors (Lipinski definition) is 0. The highest BCUT2D eigenvalue weighted by atomic mass is 32.1. The van der Waals surface area contributed by atoms with Crippen LogP contribution in [0.15, 0.2) is 41.3 Å². The normalized spacial score (nSPS) is 10.8. The Kier molecular flexibility index (Phi) is 5.69. The summed E-state index contributed by atoms with van der Waals surface area (Å²) in [6.45, 7) is 5.69. The van der Waals surface area contributed by atoms with E-state index in [9.17, 15) is 4.79 Å². The highest BCUT2D eigenvalue weighted by Gasteiger charge is 2.17. The van der Waals surface area contributed by atoms with Crippen molar-refractivity contribution in [2.45, 2.75) is 33.6 Å². The predicted molar refractivity (Wildman–Crippen MR) is 117 cm³/mol. The Morgan fingerprint density at radius 3 is 2.71 bits per heavy atom. The maximum Gasteiger partial charge on any atom is 0.170 e. The monoisotopic (exact) mass is 429 g/mol. The third kappa shape index (κ3) is 4.13. The molecule has 0 unspecified atom stereocenters. The largest absolute Gasteiger partial charge is 0.361 e. The molecule has 154 valence electrons. The van der Waals surface area contributed by atoms with Crippen LogP contribution >= 0.6 is 11.3 Å². The number of hydrogen-bond acceptors (Lipinski definition) is 8. The number of pyridine rings is 2. The molecule has 0 bridgehead atoms. The van der Waals surface area contributed by atoms with Crippen molar-refractivity contribution in [1.29, 1.82) is 5.26 Å². The van der Waals surface area contributed by atoms with Crippen LogP contribution in [0.1, 0.15) is 44.7 Å². The van der Waals surface area contributed by atoms with E-state index in [4.69, 9.17) is 14.8 Å². The molecule has 0 radical (unpaired) electrons. The lowest BCUT2D eigenvalue weighted by Crippen LogP contribution is -2.08. The summed E-state index contributed by atoms with van der Waals surface area (Å²) in [6, 6.07) is 7.69. The van der Waals surface area contributed by atoms with Gasteiger partial charge in [0.1, 0.15) is 22.5 Å². The van der Waals surface area contributed by atoms with E-state index >= 15 is 0 Å². The fraction of sp³-hybridized carbons (Fsp3) is 0.217. The number of nitrogens with zero attached hydrogens (tertiary/aromatic N) is 5. The zero-order chi connectivity index (χ0) is 22.0. The maximum absolute atomic E-state index is 12.7. The Morgan fingerprint density at radius 2 is 2.06 bits per heavy atom. The standard InChI is InChI=1S/C23H19N5O2S/c1-4-21-22(27-23(31-21)19-7-13(2)30-28-19)15-5-6-17(26-11-15)8-20(29)18-12-25-10-16(9-24)14(18)3/h5-7,10-12H,4,8H2,1-3H3. The van der Waals surface area contributed by atoms with Gasteiger partial charge in [0.15, 0.2) is 5.78 Å². The Labute approximate surface area is 183 Å².